The fraction of sp³-hybridized carbons (Fsp3) is 0.333. The van der Waals surface area contributed by atoms with Gasteiger partial charge >= 0.3 is 0 Å². The average Bonchev–Trinajstić information content (AvgIpc) is 2.82. The van der Waals surface area contributed by atoms with Crippen LogP contribution in [0, 0.1) is 0 Å². The summed E-state index contributed by atoms with van der Waals surface area (Å²) in [5, 5.41) is 0. The standard InChI is InChI=1S/C18H22N2/c1-3-16(19)15-9-5-7-11-18(15)20-13(2)12-14-8-4-6-10-17(14)20/h4-11,13,16H,3,12,19H2,1-2H3/t13?,16-/m1/s1. The minimum absolute atomic E-state index is 0.103. The van der Waals surface area contributed by atoms with Crippen molar-refractivity contribution in [2.75, 3.05) is 4.90 Å². The second-order valence-electron chi connectivity index (χ2n) is 5.63. The fourth-order valence-electron chi connectivity index (χ4n) is 3.17. The Kier molecular flexibility index (Phi) is 3.49. The van der Waals surface area contributed by atoms with Crippen LogP contribution in [0.4, 0.5) is 11.4 Å². The maximum absolute atomic E-state index is 6.30. The Labute approximate surface area is 121 Å². The van der Waals surface area contributed by atoms with E-state index in [0.717, 1.165) is 12.8 Å². The van der Waals surface area contributed by atoms with Crippen molar-refractivity contribution in [3.8, 4) is 0 Å². The van der Waals surface area contributed by atoms with E-state index in [-0.39, 0.29) is 6.04 Å². The van der Waals surface area contributed by atoms with Crippen LogP contribution in [0.2, 0.25) is 0 Å². The number of fused-ring (bicyclic) bond motifs is 1. The van der Waals surface area contributed by atoms with Gasteiger partial charge in [0.05, 0.1) is 0 Å². The number of anilines is 2. The predicted octanol–water partition coefficient (Wildman–Crippen LogP) is 4.18. The van der Waals surface area contributed by atoms with Crippen LogP contribution >= 0.6 is 0 Å². The van der Waals surface area contributed by atoms with Crippen molar-refractivity contribution in [1.82, 2.24) is 0 Å². The molecule has 3 rings (SSSR count). The van der Waals surface area contributed by atoms with Crippen molar-refractivity contribution in [1.29, 1.82) is 0 Å². The molecular weight excluding hydrogens is 244 g/mol. The lowest BCUT2D eigenvalue weighted by atomic mass is 10.0. The van der Waals surface area contributed by atoms with Gasteiger partial charge in [0.1, 0.15) is 0 Å². The molecular formula is C18H22N2. The van der Waals surface area contributed by atoms with E-state index in [2.05, 4.69) is 67.3 Å². The summed E-state index contributed by atoms with van der Waals surface area (Å²) < 4.78 is 0. The molecule has 0 spiro atoms. The van der Waals surface area contributed by atoms with Gasteiger partial charge in [-0.15, -0.1) is 0 Å². The van der Waals surface area contributed by atoms with Gasteiger partial charge < -0.3 is 10.6 Å². The highest BCUT2D eigenvalue weighted by atomic mass is 15.2. The molecule has 2 nitrogen and oxygen atoms in total. The van der Waals surface area contributed by atoms with Crippen molar-refractivity contribution in [2.24, 2.45) is 5.73 Å². The smallest absolute Gasteiger partial charge is 0.0461 e. The van der Waals surface area contributed by atoms with E-state index in [4.69, 9.17) is 5.73 Å². The monoisotopic (exact) mass is 266 g/mol. The molecule has 0 radical (unpaired) electrons. The van der Waals surface area contributed by atoms with Crippen LogP contribution in [-0.4, -0.2) is 6.04 Å². The Balaban J connectivity index is 2.10. The second kappa shape index (κ2) is 5.29. The third-order valence-corrected chi connectivity index (χ3v) is 4.24. The van der Waals surface area contributed by atoms with E-state index in [9.17, 15) is 0 Å². The number of hydrogen-bond acceptors (Lipinski definition) is 2. The van der Waals surface area contributed by atoms with E-state index >= 15 is 0 Å². The summed E-state index contributed by atoms with van der Waals surface area (Å²) in [4.78, 5) is 2.44. The zero-order valence-electron chi connectivity index (χ0n) is 12.2. The Bertz CT molecular complexity index is 606. The highest BCUT2D eigenvalue weighted by Gasteiger charge is 2.28. The average molecular weight is 266 g/mol. The summed E-state index contributed by atoms with van der Waals surface area (Å²) in [6.45, 7) is 4.43. The SMILES string of the molecule is CC[C@@H](N)c1ccccc1N1c2ccccc2CC1C. The molecule has 20 heavy (non-hydrogen) atoms. The van der Waals surface area contributed by atoms with Crippen molar-refractivity contribution in [3.63, 3.8) is 0 Å². The largest absolute Gasteiger partial charge is 0.338 e. The topological polar surface area (TPSA) is 29.3 Å². The fourth-order valence-corrected chi connectivity index (χ4v) is 3.17. The van der Waals surface area contributed by atoms with Gasteiger partial charge in [-0.05, 0) is 43.0 Å². The number of nitrogens with zero attached hydrogens (tertiary/aromatic N) is 1. The van der Waals surface area contributed by atoms with Gasteiger partial charge in [-0.1, -0.05) is 43.3 Å². The summed E-state index contributed by atoms with van der Waals surface area (Å²) in [6, 6.07) is 17.8. The van der Waals surface area contributed by atoms with E-state index in [1.165, 1.54) is 22.5 Å². The lowest BCUT2D eigenvalue weighted by Crippen LogP contribution is -2.26. The first-order valence-corrected chi connectivity index (χ1v) is 7.44. The van der Waals surface area contributed by atoms with E-state index < -0.39 is 0 Å². The molecule has 1 aliphatic rings. The summed E-state index contributed by atoms with van der Waals surface area (Å²) in [6.07, 6.45) is 2.06. The number of rotatable bonds is 3. The van der Waals surface area contributed by atoms with Crippen LogP contribution in [0.5, 0.6) is 0 Å². The zero-order chi connectivity index (χ0) is 14.1. The first-order valence-electron chi connectivity index (χ1n) is 7.44. The second-order valence-corrected chi connectivity index (χ2v) is 5.63. The van der Waals surface area contributed by atoms with Gasteiger partial charge in [0, 0.05) is 23.5 Å². The molecule has 0 aliphatic carbocycles. The molecule has 0 aromatic heterocycles. The van der Waals surface area contributed by atoms with Crippen molar-refractivity contribution >= 4 is 11.4 Å². The number of para-hydroxylation sites is 2. The number of benzene rings is 2. The molecule has 1 heterocycles. The van der Waals surface area contributed by atoms with Gasteiger partial charge in [-0.25, -0.2) is 0 Å². The van der Waals surface area contributed by atoms with Crippen LogP contribution in [0.25, 0.3) is 0 Å². The molecule has 0 amide bonds. The van der Waals surface area contributed by atoms with Crippen LogP contribution in [0.15, 0.2) is 48.5 Å². The van der Waals surface area contributed by atoms with Gasteiger partial charge in [0.15, 0.2) is 0 Å². The molecule has 0 bridgehead atoms. The van der Waals surface area contributed by atoms with E-state index in [1.54, 1.807) is 0 Å². The van der Waals surface area contributed by atoms with E-state index in [1.807, 2.05) is 0 Å². The Morgan fingerprint density at radius 3 is 2.50 bits per heavy atom. The van der Waals surface area contributed by atoms with Crippen molar-refractivity contribution < 1.29 is 0 Å². The summed E-state index contributed by atoms with van der Waals surface area (Å²) in [5.41, 5.74) is 11.6. The predicted molar refractivity (Wildman–Crippen MR) is 85.4 cm³/mol. The van der Waals surface area contributed by atoms with Crippen LogP contribution in [-0.2, 0) is 6.42 Å². The molecule has 2 heteroatoms. The molecule has 2 aromatic rings. The maximum atomic E-state index is 6.30. The lowest BCUT2D eigenvalue weighted by molar-refractivity contribution is 0.687. The summed E-state index contributed by atoms with van der Waals surface area (Å²) >= 11 is 0. The minimum Gasteiger partial charge on any atom is -0.338 e. The minimum atomic E-state index is 0.103. The highest BCUT2D eigenvalue weighted by Crippen LogP contribution is 2.40. The molecule has 2 atom stereocenters. The van der Waals surface area contributed by atoms with Crippen molar-refractivity contribution in [3.05, 3.63) is 59.7 Å². The van der Waals surface area contributed by atoms with Gasteiger partial charge in [-0.3, -0.25) is 0 Å². The highest BCUT2D eigenvalue weighted by molar-refractivity contribution is 5.73. The Morgan fingerprint density at radius 2 is 1.75 bits per heavy atom. The summed E-state index contributed by atoms with van der Waals surface area (Å²) in [5.74, 6) is 0. The molecule has 0 saturated carbocycles. The van der Waals surface area contributed by atoms with Gasteiger partial charge in [0.25, 0.3) is 0 Å². The first kappa shape index (κ1) is 13.2. The van der Waals surface area contributed by atoms with Crippen molar-refractivity contribution in [2.45, 2.75) is 38.8 Å². The molecule has 104 valence electrons. The van der Waals surface area contributed by atoms with Crippen LogP contribution in [0.1, 0.15) is 37.4 Å². The number of hydrogen-bond donors (Lipinski definition) is 1. The first-order chi connectivity index (χ1) is 9.72. The molecule has 2 N–H and O–H groups in total. The Morgan fingerprint density at radius 1 is 1.10 bits per heavy atom. The third kappa shape index (κ3) is 2.10. The zero-order valence-corrected chi connectivity index (χ0v) is 12.2. The Hall–Kier alpha value is -1.80. The normalized spacial score (nSPS) is 18.9. The third-order valence-electron chi connectivity index (χ3n) is 4.24. The van der Waals surface area contributed by atoms with E-state index in [0.29, 0.717) is 6.04 Å². The molecule has 0 saturated heterocycles. The van der Waals surface area contributed by atoms with Gasteiger partial charge in [-0.2, -0.15) is 0 Å². The van der Waals surface area contributed by atoms with Gasteiger partial charge in [0.2, 0.25) is 0 Å². The lowest BCUT2D eigenvalue weighted by Gasteiger charge is -2.29. The molecule has 1 aliphatic heterocycles. The van der Waals surface area contributed by atoms with Crippen LogP contribution in [0.3, 0.4) is 0 Å². The van der Waals surface area contributed by atoms with Crippen LogP contribution < -0.4 is 10.6 Å². The molecule has 1 unspecified atom stereocenters. The maximum Gasteiger partial charge on any atom is 0.0461 e. The molecule has 2 aromatic carbocycles. The quantitative estimate of drug-likeness (QED) is 0.903. The number of nitrogens with two attached hydrogens (primary N) is 1. The summed E-state index contributed by atoms with van der Waals surface area (Å²) in [7, 11) is 0. The molecule has 0 fully saturated rings.